The van der Waals surface area contributed by atoms with Crippen molar-refractivity contribution in [1.82, 2.24) is 18.9 Å². The molecule has 1 aliphatic rings. The summed E-state index contributed by atoms with van der Waals surface area (Å²) >= 11 is 0. The molecule has 0 aliphatic carbocycles. The van der Waals surface area contributed by atoms with Gasteiger partial charge in [0.05, 0.1) is 10.8 Å². The average Bonchev–Trinajstić information content (AvgIpc) is 3.32. The van der Waals surface area contributed by atoms with Crippen LogP contribution in [0.25, 0.3) is 0 Å². The van der Waals surface area contributed by atoms with Crippen molar-refractivity contribution in [2.24, 2.45) is 5.92 Å². The number of hydrogen-bond acceptors (Lipinski definition) is 6. The zero-order valence-electron chi connectivity index (χ0n) is 19.3. The van der Waals surface area contributed by atoms with Crippen molar-refractivity contribution >= 4 is 26.0 Å². The molecule has 0 bridgehead atoms. The molecule has 1 N–H and O–H groups in total. The zero-order chi connectivity index (χ0) is 24.9. The Morgan fingerprint density at radius 2 is 1.94 bits per heavy atom. The van der Waals surface area contributed by atoms with Crippen molar-refractivity contribution in [3.05, 3.63) is 71.9 Å². The van der Waals surface area contributed by atoms with Crippen LogP contribution in [0.1, 0.15) is 23.5 Å². The first-order valence-corrected chi connectivity index (χ1v) is 13.8. The molecule has 1 saturated heterocycles. The summed E-state index contributed by atoms with van der Waals surface area (Å²) in [4.78, 5) is 18.6. The molecule has 1 aliphatic heterocycles. The summed E-state index contributed by atoms with van der Waals surface area (Å²) in [6, 6.07) is 10.1. The highest BCUT2D eigenvalue weighted by Crippen LogP contribution is 2.27. The molecule has 1 aromatic heterocycles. The van der Waals surface area contributed by atoms with Gasteiger partial charge in [-0.3, -0.25) is 9.78 Å². The average molecular weight is 507 g/mol. The Morgan fingerprint density at radius 3 is 2.53 bits per heavy atom. The number of carbonyl (C=O) groups is 1. The first kappa shape index (κ1) is 26.0. The van der Waals surface area contributed by atoms with Crippen LogP contribution in [-0.4, -0.2) is 70.7 Å². The molecular formula is C23H30N4O5S2. The van der Waals surface area contributed by atoms with Gasteiger partial charge in [-0.2, -0.15) is 4.31 Å². The Hall–Kier alpha value is -2.60. The van der Waals surface area contributed by atoms with Crippen LogP contribution in [0.15, 0.2) is 65.7 Å². The Morgan fingerprint density at radius 1 is 1.24 bits per heavy atom. The third kappa shape index (κ3) is 6.29. The summed E-state index contributed by atoms with van der Waals surface area (Å²) in [6.07, 6.45) is 4.39. The number of benzene rings is 1. The van der Waals surface area contributed by atoms with Crippen LogP contribution >= 0.6 is 0 Å². The fourth-order valence-corrected chi connectivity index (χ4v) is 6.03. The molecule has 11 heteroatoms. The van der Waals surface area contributed by atoms with Crippen LogP contribution < -0.4 is 4.72 Å². The standard InChI is InChI=1S/C23H30N4O5S2/c1-4-33(29,30)25-16-19-11-13-27(17-19)34(31,32)21-9-7-20(8-10-21)22(23(28)26(2)3)14-18-6-5-12-24-15-18/h4-10,12,15,19,22,25H,1,11,13-14,16-17H2,2-3H3/t19-,22?/m1/s1. The van der Waals surface area contributed by atoms with Crippen molar-refractivity contribution in [3.63, 3.8) is 0 Å². The highest BCUT2D eigenvalue weighted by atomic mass is 32.2. The number of nitrogens with one attached hydrogen (secondary N) is 1. The van der Waals surface area contributed by atoms with Crippen molar-refractivity contribution in [2.45, 2.75) is 23.7 Å². The van der Waals surface area contributed by atoms with Gasteiger partial charge >= 0.3 is 0 Å². The maximum absolute atomic E-state index is 13.1. The van der Waals surface area contributed by atoms with Crippen LogP contribution in [0, 0.1) is 5.92 Å². The van der Waals surface area contributed by atoms with Crippen LogP contribution in [0.5, 0.6) is 0 Å². The van der Waals surface area contributed by atoms with Gasteiger partial charge < -0.3 is 4.90 Å². The number of amides is 1. The minimum absolute atomic E-state index is 0.0798. The maximum Gasteiger partial charge on any atom is 0.243 e. The van der Waals surface area contributed by atoms with Crippen LogP contribution in [0.3, 0.4) is 0 Å². The maximum atomic E-state index is 13.1. The van der Waals surface area contributed by atoms with Gasteiger partial charge in [-0.1, -0.05) is 24.8 Å². The lowest BCUT2D eigenvalue weighted by Crippen LogP contribution is -2.32. The first-order chi connectivity index (χ1) is 16.0. The lowest BCUT2D eigenvalue weighted by molar-refractivity contribution is -0.130. The third-order valence-corrected chi connectivity index (χ3v) is 8.75. The van der Waals surface area contributed by atoms with E-state index < -0.39 is 26.0 Å². The van der Waals surface area contributed by atoms with Gasteiger partial charge in [0, 0.05) is 51.5 Å². The fourth-order valence-electron chi connectivity index (χ4n) is 3.91. The number of pyridine rings is 1. The SMILES string of the molecule is C=CS(=O)(=O)NC[C@H]1CCN(S(=O)(=O)c2ccc(C(Cc3cccnc3)C(=O)N(C)C)cc2)C1. The summed E-state index contributed by atoms with van der Waals surface area (Å²) in [5.41, 5.74) is 1.63. The number of nitrogens with zero attached hydrogens (tertiary/aromatic N) is 3. The van der Waals surface area contributed by atoms with Crippen LogP contribution in [0.2, 0.25) is 0 Å². The molecule has 0 radical (unpaired) electrons. The zero-order valence-corrected chi connectivity index (χ0v) is 20.9. The number of sulfonamides is 2. The number of aromatic nitrogens is 1. The highest BCUT2D eigenvalue weighted by molar-refractivity contribution is 7.92. The number of hydrogen-bond donors (Lipinski definition) is 1. The van der Waals surface area contributed by atoms with Gasteiger partial charge in [0.15, 0.2) is 0 Å². The Bertz CT molecular complexity index is 1210. The number of carbonyl (C=O) groups excluding carboxylic acids is 1. The quantitative estimate of drug-likeness (QED) is 0.523. The van der Waals surface area contributed by atoms with Crippen molar-refractivity contribution in [2.75, 3.05) is 33.7 Å². The van der Waals surface area contributed by atoms with Crippen molar-refractivity contribution < 1.29 is 21.6 Å². The van der Waals surface area contributed by atoms with Gasteiger partial charge in [-0.15, -0.1) is 0 Å². The van der Waals surface area contributed by atoms with Crippen molar-refractivity contribution in [3.8, 4) is 0 Å². The van der Waals surface area contributed by atoms with E-state index in [1.54, 1.807) is 38.6 Å². The summed E-state index contributed by atoms with van der Waals surface area (Å²) < 4.78 is 53.2. The van der Waals surface area contributed by atoms with E-state index in [0.29, 0.717) is 19.4 Å². The van der Waals surface area contributed by atoms with Crippen molar-refractivity contribution in [1.29, 1.82) is 0 Å². The molecule has 34 heavy (non-hydrogen) atoms. The lowest BCUT2D eigenvalue weighted by atomic mass is 9.91. The Labute approximate surface area is 201 Å². The van der Waals surface area contributed by atoms with E-state index in [0.717, 1.165) is 16.5 Å². The minimum Gasteiger partial charge on any atom is -0.348 e. The van der Waals surface area contributed by atoms with E-state index in [-0.39, 0.29) is 29.8 Å². The minimum atomic E-state index is -3.74. The molecule has 2 heterocycles. The third-order valence-electron chi connectivity index (χ3n) is 5.86. The van der Waals surface area contributed by atoms with E-state index >= 15 is 0 Å². The summed E-state index contributed by atoms with van der Waals surface area (Å²) in [6.45, 7) is 3.95. The predicted molar refractivity (Wildman–Crippen MR) is 130 cm³/mol. The van der Waals surface area contributed by atoms with E-state index in [2.05, 4.69) is 16.3 Å². The summed E-state index contributed by atoms with van der Waals surface area (Å²) in [5, 5.41) is 0.834. The summed E-state index contributed by atoms with van der Waals surface area (Å²) in [7, 11) is -3.91. The van der Waals surface area contributed by atoms with Gasteiger partial charge in [0.25, 0.3) is 0 Å². The molecule has 184 valence electrons. The molecule has 1 amide bonds. The largest absolute Gasteiger partial charge is 0.348 e. The lowest BCUT2D eigenvalue weighted by Gasteiger charge is -2.22. The van der Waals surface area contributed by atoms with E-state index in [1.807, 2.05) is 12.1 Å². The second-order valence-corrected chi connectivity index (χ2v) is 12.1. The second-order valence-electron chi connectivity index (χ2n) is 8.50. The van der Waals surface area contributed by atoms with Gasteiger partial charge in [0.2, 0.25) is 26.0 Å². The van der Waals surface area contributed by atoms with E-state index in [1.165, 1.54) is 21.3 Å². The topological polar surface area (TPSA) is 117 Å². The van der Waals surface area contributed by atoms with E-state index in [9.17, 15) is 21.6 Å². The molecular weight excluding hydrogens is 476 g/mol. The first-order valence-electron chi connectivity index (χ1n) is 10.9. The molecule has 0 spiro atoms. The number of likely N-dealkylation sites (N-methyl/N-ethyl adjacent to an activating group) is 1. The van der Waals surface area contributed by atoms with Gasteiger partial charge in [0.1, 0.15) is 0 Å². The molecule has 9 nitrogen and oxygen atoms in total. The molecule has 3 rings (SSSR count). The molecule has 1 unspecified atom stereocenters. The molecule has 2 atom stereocenters. The Balaban J connectivity index is 1.75. The second kappa shape index (κ2) is 10.8. The van der Waals surface area contributed by atoms with Crippen LogP contribution in [-0.2, 0) is 31.3 Å². The monoisotopic (exact) mass is 506 g/mol. The Kier molecular flexibility index (Phi) is 8.24. The molecule has 1 aromatic carbocycles. The van der Waals surface area contributed by atoms with Gasteiger partial charge in [-0.05, 0) is 48.1 Å². The number of rotatable bonds is 10. The molecule has 1 fully saturated rings. The van der Waals surface area contributed by atoms with Gasteiger partial charge in [-0.25, -0.2) is 21.6 Å². The normalized spacial score (nSPS) is 17.9. The molecule has 0 saturated carbocycles. The smallest absolute Gasteiger partial charge is 0.243 e. The molecule has 2 aromatic rings. The fraction of sp³-hybridized carbons (Fsp3) is 0.391. The summed E-state index contributed by atoms with van der Waals surface area (Å²) in [5.74, 6) is -0.667. The van der Waals surface area contributed by atoms with E-state index in [4.69, 9.17) is 0 Å². The predicted octanol–water partition coefficient (Wildman–Crippen LogP) is 1.57. The highest BCUT2D eigenvalue weighted by Gasteiger charge is 2.33. The van der Waals surface area contributed by atoms with Crippen LogP contribution in [0.4, 0.5) is 0 Å².